The lowest BCUT2D eigenvalue weighted by molar-refractivity contribution is -0.118. The van der Waals surface area contributed by atoms with Crippen LogP contribution in [0.2, 0.25) is 0 Å². The van der Waals surface area contributed by atoms with Gasteiger partial charge in [0.05, 0.1) is 0 Å². The van der Waals surface area contributed by atoms with Crippen molar-refractivity contribution in [2.45, 2.75) is 57.4 Å². The second-order valence-electron chi connectivity index (χ2n) is 7.38. The van der Waals surface area contributed by atoms with Crippen LogP contribution < -0.4 is 16.4 Å². The van der Waals surface area contributed by atoms with E-state index in [1.165, 1.54) is 30.4 Å². The predicted octanol–water partition coefficient (Wildman–Crippen LogP) is 1.93. The molecule has 1 unspecified atom stereocenters. The highest BCUT2D eigenvalue weighted by atomic mass is 16.2. The van der Waals surface area contributed by atoms with Crippen molar-refractivity contribution in [3.05, 3.63) is 34.9 Å². The Bertz CT molecular complexity index is 623. The zero-order valence-corrected chi connectivity index (χ0v) is 14.9. The third-order valence-corrected chi connectivity index (χ3v) is 5.57. The van der Waals surface area contributed by atoms with Gasteiger partial charge >= 0.3 is 0 Å². The Labute approximate surface area is 149 Å². The van der Waals surface area contributed by atoms with Crippen molar-refractivity contribution in [2.24, 2.45) is 11.7 Å². The van der Waals surface area contributed by atoms with Gasteiger partial charge in [0.2, 0.25) is 5.91 Å². The molecule has 3 rings (SSSR count). The fourth-order valence-electron chi connectivity index (χ4n) is 4.16. The molecule has 1 heterocycles. The minimum absolute atomic E-state index is 0.0863. The van der Waals surface area contributed by atoms with Crippen LogP contribution in [0.25, 0.3) is 0 Å². The van der Waals surface area contributed by atoms with Crippen LogP contribution in [0.15, 0.2) is 18.2 Å². The van der Waals surface area contributed by atoms with Crippen molar-refractivity contribution in [3.63, 3.8) is 0 Å². The minimum Gasteiger partial charge on any atom is -0.370 e. The van der Waals surface area contributed by atoms with E-state index in [1.807, 2.05) is 12.1 Å². The molecule has 2 amide bonds. The van der Waals surface area contributed by atoms with E-state index in [-0.39, 0.29) is 24.3 Å². The zero-order valence-electron chi connectivity index (χ0n) is 14.9. The smallest absolute Gasteiger partial charge is 0.251 e. The molecule has 5 nitrogen and oxygen atoms in total. The molecule has 5 heteroatoms. The first-order chi connectivity index (χ1) is 12.1. The van der Waals surface area contributed by atoms with E-state index in [1.54, 1.807) is 0 Å². The average molecular weight is 343 g/mol. The van der Waals surface area contributed by atoms with Crippen molar-refractivity contribution in [1.82, 2.24) is 10.6 Å². The molecule has 4 N–H and O–H groups in total. The lowest BCUT2D eigenvalue weighted by Gasteiger charge is -2.30. The Morgan fingerprint density at radius 3 is 2.56 bits per heavy atom. The Hall–Kier alpha value is -1.88. The van der Waals surface area contributed by atoms with Gasteiger partial charge in [-0.2, -0.15) is 0 Å². The summed E-state index contributed by atoms with van der Waals surface area (Å²) in [6, 6.07) is 5.84. The number of nitrogens with one attached hydrogen (secondary N) is 2. The normalized spacial score (nSPS) is 19.5. The van der Waals surface area contributed by atoms with Gasteiger partial charge in [0.1, 0.15) is 0 Å². The number of benzene rings is 1. The van der Waals surface area contributed by atoms with E-state index < -0.39 is 0 Å². The van der Waals surface area contributed by atoms with Crippen molar-refractivity contribution < 1.29 is 9.59 Å². The summed E-state index contributed by atoms with van der Waals surface area (Å²) in [5, 5.41) is 6.49. The zero-order chi connectivity index (χ0) is 17.6. The van der Waals surface area contributed by atoms with Crippen molar-refractivity contribution in [1.29, 1.82) is 0 Å². The van der Waals surface area contributed by atoms with Crippen LogP contribution in [-0.2, 0) is 17.6 Å². The van der Waals surface area contributed by atoms with Gasteiger partial charge in [-0.3, -0.25) is 9.59 Å². The highest BCUT2D eigenvalue weighted by Gasteiger charge is 2.27. The first-order valence-corrected chi connectivity index (χ1v) is 9.55. The molecule has 1 aliphatic heterocycles. The van der Waals surface area contributed by atoms with E-state index in [4.69, 9.17) is 5.73 Å². The molecule has 1 saturated carbocycles. The van der Waals surface area contributed by atoms with Crippen LogP contribution >= 0.6 is 0 Å². The molecule has 136 valence electrons. The van der Waals surface area contributed by atoms with E-state index in [0.29, 0.717) is 11.5 Å². The first kappa shape index (κ1) is 17.9. The van der Waals surface area contributed by atoms with Crippen LogP contribution in [-0.4, -0.2) is 30.9 Å². The molecular formula is C20H29N3O2. The predicted molar refractivity (Wildman–Crippen MR) is 98.4 cm³/mol. The lowest BCUT2D eigenvalue weighted by Crippen LogP contribution is -2.43. The molecule has 0 aromatic heterocycles. The van der Waals surface area contributed by atoms with Crippen LogP contribution in [0.4, 0.5) is 0 Å². The van der Waals surface area contributed by atoms with Gasteiger partial charge in [0, 0.05) is 18.0 Å². The molecule has 2 aliphatic rings. The maximum Gasteiger partial charge on any atom is 0.251 e. The fourth-order valence-corrected chi connectivity index (χ4v) is 4.16. The summed E-state index contributed by atoms with van der Waals surface area (Å²) in [7, 11) is 0. The summed E-state index contributed by atoms with van der Waals surface area (Å²) in [5.74, 6) is -0.0732. The topological polar surface area (TPSA) is 84.2 Å². The molecule has 0 saturated heterocycles. The highest BCUT2D eigenvalue weighted by molar-refractivity contribution is 5.95. The SMILES string of the molecule is NC(=O)CC(NC(=O)c1ccc2c(c1)CCNCC2)C1CCCCC1. The Balaban J connectivity index is 1.71. The molecule has 0 bridgehead atoms. The third-order valence-electron chi connectivity index (χ3n) is 5.57. The maximum atomic E-state index is 12.8. The number of nitrogens with two attached hydrogens (primary N) is 1. The average Bonchev–Trinajstić information content (AvgIpc) is 2.86. The minimum atomic E-state index is -0.344. The molecule has 1 aromatic carbocycles. The number of carbonyl (C=O) groups excluding carboxylic acids is 2. The summed E-state index contributed by atoms with van der Waals surface area (Å²) in [4.78, 5) is 24.2. The van der Waals surface area contributed by atoms with Crippen molar-refractivity contribution in [3.8, 4) is 0 Å². The van der Waals surface area contributed by atoms with Crippen molar-refractivity contribution >= 4 is 11.8 Å². The van der Waals surface area contributed by atoms with Gasteiger partial charge < -0.3 is 16.4 Å². The van der Waals surface area contributed by atoms with Crippen LogP contribution in [0.5, 0.6) is 0 Å². The standard InChI is InChI=1S/C20H29N3O2/c21-19(24)13-18(15-4-2-1-3-5-15)23-20(25)17-7-6-14-8-10-22-11-9-16(14)12-17/h6-7,12,15,18,22H,1-5,8-11,13H2,(H2,21,24)(H,23,25). The second kappa shape index (κ2) is 8.48. The number of rotatable bonds is 5. The molecule has 1 atom stereocenters. The molecule has 0 radical (unpaired) electrons. The number of hydrogen-bond acceptors (Lipinski definition) is 3. The van der Waals surface area contributed by atoms with Crippen LogP contribution in [0.3, 0.4) is 0 Å². The summed E-state index contributed by atoms with van der Waals surface area (Å²) >= 11 is 0. The van der Waals surface area contributed by atoms with E-state index in [9.17, 15) is 9.59 Å². The van der Waals surface area contributed by atoms with E-state index in [2.05, 4.69) is 16.7 Å². The Morgan fingerprint density at radius 2 is 1.84 bits per heavy atom. The van der Waals surface area contributed by atoms with E-state index in [0.717, 1.165) is 38.8 Å². The first-order valence-electron chi connectivity index (χ1n) is 9.55. The van der Waals surface area contributed by atoms with Gasteiger partial charge in [-0.15, -0.1) is 0 Å². The number of amides is 2. The Morgan fingerprint density at radius 1 is 1.12 bits per heavy atom. The summed E-state index contributed by atoms with van der Waals surface area (Å²) in [6.45, 7) is 1.94. The number of carbonyl (C=O) groups is 2. The third kappa shape index (κ3) is 4.82. The molecule has 25 heavy (non-hydrogen) atoms. The lowest BCUT2D eigenvalue weighted by atomic mass is 9.82. The van der Waals surface area contributed by atoms with Gasteiger partial charge in [-0.25, -0.2) is 0 Å². The van der Waals surface area contributed by atoms with Gasteiger partial charge in [0.15, 0.2) is 0 Å². The molecule has 1 aromatic rings. The molecule has 0 spiro atoms. The second-order valence-corrected chi connectivity index (χ2v) is 7.38. The highest BCUT2D eigenvalue weighted by Crippen LogP contribution is 2.28. The fraction of sp³-hybridized carbons (Fsp3) is 0.600. The summed E-state index contributed by atoms with van der Waals surface area (Å²) < 4.78 is 0. The Kier molecular flexibility index (Phi) is 6.08. The molecule has 1 aliphatic carbocycles. The number of primary amides is 1. The summed E-state index contributed by atoms with van der Waals surface area (Å²) in [5.41, 5.74) is 8.69. The van der Waals surface area contributed by atoms with Crippen LogP contribution in [0, 0.1) is 5.92 Å². The van der Waals surface area contributed by atoms with Gasteiger partial charge in [-0.05, 0) is 68.0 Å². The van der Waals surface area contributed by atoms with Gasteiger partial charge in [0.25, 0.3) is 5.91 Å². The monoisotopic (exact) mass is 343 g/mol. The molecular weight excluding hydrogens is 314 g/mol. The number of fused-ring (bicyclic) bond motifs is 1. The van der Waals surface area contributed by atoms with Gasteiger partial charge in [-0.1, -0.05) is 25.3 Å². The number of hydrogen-bond donors (Lipinski definition) is 3. The van der Waals surface area contributed by atoms with Crippen molar-refractivity contribution in [2.75, 3.05) is 13.1 Å². The van der Waals surface area contributed by atoms with Crippen LogP contribution in [0.1, 0.15) is 60.0 Å². The largest absolute Gasteiger partial charge is 0.370 e. The molecule has 1 fully saturated rings. The quantitative estimate of drug-likeness (QED) is 0.764. The maximum absolute atomic E-state index is 12.8. The van der Waals surface area contributed by atoms with E-state index >= 15 is 0 Å². The summed E-state index contributed by atoms with van der Waals surface area (Å²) in [6.07, 6.45) is 7.89.